The summed E-state index contributed by atoms with van der Waals surface area (Å²) in [6.45, 7) is 0. The summed E-state index contributed by atoms with van der Waals surface area (Å²) in [7, 11) is 2.00. The summed E-state index contributed by atoms with van der Waals surface area (Å²) in [5.74, 6) is 1.33. The Hall–Kier alpha value is -2.52. The fourth-order valence-electron chi connectivity index (χ4n) is 2.10. The number of ether oxygens (including phenoxy) is 1. The average molecular weight is 311 g/mol. The molecule has 1 heterocycles. The van der Waals surface area contributed by atoms with E-state index in [9.17, 15) is 0 Å². The molecule has 0 saturated carbocycles. The van der Waals surface area contributed by atoms with E-state index in [1.807, 2.05) is 73.8 Å². The number of hydrogen-bond donors (Lipinski definition) is 0. The van der Waals surface area contributed by atoms with Gasteiger partial charge in [0, 0.05) is 35.7 Å². The van der Waals surface area contributed by atoms with E-state index in [0.717, 1.165) is 22.1 Å². The molecule has 2 aromatic carbocycles. The molecule has 0 radical (unpaired) electrons. The highest BCUT2D eigenvalue weighted by molar-refractivity contribution is 6.30. The van der Waals surface area contributed by atoms with Crippen LogP contribution in [0.1, 0.15) is 0 Å². The Kier molecular flexibility index (Phi) is 4.26. The van der Waals surface area contributed by atoms with Crippen LogP contribution in [0.15, 0.2) is 72.9 Å². The topological polar surface area (TPSA) is 25.4 Å². The monoisotopic (exact) mass is 310 g/mol. The van der Waals surface area contributed by atoms with Crippen LogP contribution in [-0.2, 0) is 0 Å². The minimum atomic E-state index is 0.582. The average Bonchev–Trinajstić information content (AvgIpc) is 2.56. The summed E-state index contributed by atoms with van der Waals surface area (Å²) in [6, 6.07) is 21.2. The Morgan fingerprint density at radius 2 is 1.73 bits per heavy atom. The van der Waals surface area contributed by atoms with Gasteiger partial charge in [-0.25, -0.2) is 4.98 Å². The molecule has 0 spiro atoms. The summed E-state index contributed by atoms with van der Waals surface area (Å²) in [5, 5.41) is 0.722. The Labute approximate surface area is 134 Å². The van der Waals surface area contributed by atoms with Gasteiger partial charge in [0.25, 0.3) is 0 Å². The van der Waals surface area contributed by atoms with Gasteiger partial charge in [0.2, 0.25) is 5.88 Å². The van der Waals surface area contributed by atoms with Crippen LogP contribution in [0.3, 0.4) is 0 Å². The predicted molar refractivity (Wildman–Crippen MR) is 90.3 cm³/mol. The van der Waals surface area contributed by atoms with Gasteiger partial charge in [-0.2, -0.15) is 0 Å². The van der Waals surface area contributed by atoms with Crippen molar-refractivity contribution in [1.29, 1.82) is 0 Å². The van der Waals surface area contributed by atoms with Crippen LogP contribution in [-0.4, -0.2) is 12.0 Å². The summed E-state index contributed by atoms with van der Waals surface area (Å²) in [6.07, 6.45) is 1.70. The largest absolute Gasteiger partial charge is 0.439 e. The number of hydrogen-bond acceptors (Lipinski definition) is 3. The van der Waals surface area contributed by atoms with Crippen molar-refractivity contribution in [2.24, 2.45) is 0 Å². The number of aromatic nitrogens is 1. The van der Waals surface area contributed by atoms with Gasteiger partial charge in [-0.3, -0.25) is 0 Å². The van der Waals surface area contributed by atoms with E-state index in [1.165, 1.54) is 0 Å². The summed E-state index contributed by atoms with van der Waals surface area (Å²) in [5.41, 5.74) is 2.08. The van der Waals surface area contributed by atoms with Gasteiger partial charge in [0.05, 0.1) is 0 Å². The maximum atomic E-state index is 6.04. The number of pyridine rings is 1. The molecule has 4 heteroatoms. The summed E-state index contributed by atoms with van der Waals surface area (Å²) >= 11 is 6.04. The molecule has 0 N–H and O–H groups in total. The molecule has 1 aromatic heterocycles. The van der Waals surface area contributed by atoms with Gasteiger partial charge in [0.15, 0.2) is 0 Å². The second kappa shape index (κ2) is 6.50. The van der Waals surface area contributed by atoms with E-state index in [1.54, 1.807) is 6.20 Å². The standard InChI is InChI=1S/C18H15ClN2O/c1-21(16-6-4-5-14(19)13-16)15-8-10-17(11-9-15)22-18-7-2-3-12-20-18/h2-13H,1H3. The van der Waals surface area contributed by atoms with Crippen molar-refractivity contribution in [1.82, 2.24) is 4.98 Å². The fraction of sp³-hybridized carbons (Fsp3) is 0.0556. The third-order valence-corrected chi connectivity index (χ3v) is 3.51. The lowest BCUT2D eigenvalue weighted by atomic mass is 10.2. The first-order valence-electron chi connectivity index (χ1n) is 6.90. The van der Waals surface area contributed by atoms with E-state index in [2.05, 4.69) is 9.88 Å². The van der Waals surface area contributed by atoms with Crippen LogP contribution in [0.25, 0.3) is 0 Å². The van der Waals surface area contributed by atoms with Crippen molar-refractivity contribution < 1.29 is 4.74 Å². The molecule has 0 aliphatic rings. The van der Waals surface area contributed by atoms with E-state index in [0.29, 0.717) is 5.88 Å². The molecule has 0 aliphatic carbocycles. The van der Waals surface area contributed by atoms with Gasteiger partial charge in [0.1, 0.15) is 5.75 Å². The predicted octanol–water partition coefficient (Wildman–Crippen LogP) is 5.30. The van der Waals surface area contributed by atoms with Gasteiger partial charge in [-0.05, 0) is 48.5 Å². The van der Waals surface area contributed by atoms with Gasteiger partial charge in [-0.1, -0.05) is 23.7 Å². The first-order valence-corrected chi connectivity index (χ1v) is 7.28. The summed E-state index contributed by atoms with van der Waals surface area (Å²) in [4.78, 5) is 6.21. The molecule has 0 saturated heterocycles. The second-order valence-corrected chi connectivity index (χ2v) is 5.24. The van der Waals surface area contributed by atoms with Gasteiger partial charge < -0.3 is 9.64 Å². The molecule has 0 unspecified atom stereocenters. The molecule has 0 atom stereocenters. The van der Waals surface area contributed by atoms with Crippen molar-refractivity contribution in [3.05, 3.63) is 77.9 Å². The smallest absolute Gasteiger partial charge is 0.219 e. The Morgan fingerprint density at radius 3 is 2.41 bits per heavy atom. The number of anilines is 2. The van der Waals surface area contributed by atoms with E-state index < -0.39 is 0 Å². The molecule has 22 heavy (non-hydrogen) atoms. The SMILES string of the molecule is CN(c1ccc(Oc2ccccn2)cc1)c1cccc(Cl)c1. The fourth-order valence-corrected chi connectivity index (χ4v) is 2.28. The third-order valence-electron chi connectivity index (χ3n) is 3.28. The molecular formula is C18H15ClN2O. The van der Waals surface area contributed by atoms with E-state index in [4.69, 9.17) is 16.3 Å². The third kappa shape index (κ3) is 3.38. The zero-order valence-electron chi connectivity index (χ0n) is 12.1. The molecule has 3 aromatic rings. The first-order chi connectivity index (χ1) is 10.7. The Balaban J connectivity index is 1.76. The lowest BCUT2D eigenvalue weighted by molar-refractivity contribution is 0.463. The number of halogens is 1. The highest BCUT2D eigenvalue weighted by atomic mass is 35.5. The van der Waals surface area contributed by atoms with Gasteiger partial charge >= 0.3 is 0 Å². The number of benzene rings is 2. The maximum Gasteiger partial charge on any atom is 0.219 e. The molecule has 0 amide bonds. The van der Waals surface area contributed by atoms with Crippen LogP contribution < -0.4 is 9.64 Å². The van der Waals surface area contributed by atoms with Crippen molar-refractivity contribution in [2.75, 3.05) is 11.9 Å². The highest BCUT2D eigenvalue weighted by Crippen LogP contribution is 2.28. The van der Waals surface area contributed by atoms with Crippen molar-refractivity contribution in [3.63, 3.8) is 0 Å². The second-order valence-electron chi connectivity index (χ2n) is 4.80. The molecule has 0 bridgehead atoms. The highest BCUT2D eigenvalue weighted by Gasteiger charge is 2.05. The van der Waals surface area contributed by atoms with E-state index in [-0.39, 0.29) is 0 Å². The number of nitrogens with zero attached hydrogens (tertiary/aromatic N) is 2. The van der Waals surface area contributed by atoms with Crippen molar-refractivity contribution >= 4 is 23.0 Å². The molecule has 0 fully saturated rings. The van der Waals surface area contributed by atoms with Crippen LogP contribution in [0.4, 0.5) is 11.4 Å². The van der Waals surface area contributed by atoms with Crippen LogP contribution in [0.2, 0.25) is 5.02 Å². The summed E-state index contributed by atoms with van der Waals surface area (Å²) < 4.78 is 5.69. The first kappa shape index (κ1) is 14.4. The molecule has 3 nitrogen and oxygen atoms in total. The Bertz CT molecular complexity index is 745. The van der Waals surface area contributed by atoms with Crippen molar-refractivity contribution in [2.45, 2.75) is 0 Å². The zero-order valence-corrected chi connectivity index (χ0v) is 12.9. The number of rotatable bonds is 4. The van der Waals surface area contributed by atoms with Crippen LogP contribution in [0.5, 0.6) is 11.6 Å². The van der Waals surface area contributed by atoms with Gasteiger partial charge in [-0.15, -0.1) is 0 Å². The molecule has 110 valence electrons. The molecular weight excluding hydrogens is 296 g/mol. The quantitative estimate of drug-likeness (QED) is 0.654. The Morgan fingerprint density at radius 1 is 0.909 bits per heavy atom. The minimum Gasteiger partial charge on any atom is -0.439 e. The van der Waals surface area contributed by atoms with Crippen LogP contribution in [0, 0.1) is 0 Å². The maximum absolute atomic E-state index is 6.04. The minimum absolute atomic E-state index is 0.582. The van der Waals surface area contributed by atoms with E-state index >= 15 is 0 Å². The molecule has 3 rings (SSSR count). The lowest BCUT2D eigenvalue weighted by Gasteiger charge is -2.20. The van der Waals surface area contributed by atoms with Crippen LogP contribution >= 0.6 is 11.6 Å². The molecule has 0 aliphatic heterocycles. The van der Waals surface area contributed by atoms with Crippen molar-refractivity contribution in [3.8, 4) is 11.6 Å². The zero-order chi connectivity index (χ0) is 15.4. The lowest BCUT2D eigenvalue weighted by Crippen LogP contribution is -2.08. The normalized spacial score (nSPS) is 10.3.